The van der Waals surface area contributed by atoms with E-state index in [1.54, 1.807) is 19.1 Å². The summed E-state index contributed by atoms with van der Waals surface area (Å²) >= 11 is 0. The quantitative estimate of drug-likeness (QED) is 0.773. The largest absolute Gasteiger partial charge is 0.354 e. The first-order valence-corrected chi connectivity index (χ1v) is 7.89. The summed E-state index contributed by atoms with van der Waals surface area (Å²) in [5.41, 5.74) is -0.0926. The Labute approximate surface area is 140 Å². The minimum atomic E-state index is -0.981. The molecule has 1 aromatic carbocycles. The second-order valence-corrected chi connectivity index (χ2v) is 6.40. The summed E-state index contributed by atoms with van der Waals surface area (Å²) in [6.07, 6.45) is 0.538. The molecule has 6 nitrogen and oxygen atoms in total. The van der Waals surface area contributed by atoms with Crippen LogP contribution < -0.4 is 10.6 Å². The van der Waals surface area contributed by atoms with E-state index in [-0.39, 0.29) is 18.3 Å². The van der Waals surface area contributed by atoms with Crippen molar-refractivity contribution in [3.63, 3.8) is 0 Å². The molecule has 1 aliphatic rings. The number of rotatable bonds is 6. The van der Waals surface area contributed by atoms with Crippen LogP contribution in [0, 0.1) is 11.7 Å². The minimum absolute atomic E-state index is 0.0829. The third kappa shape index (κ3) is 3.72. The molecule has 0 radical (unpaired) electrons. The second kappa shape index (κ2) is 6.98. The van der Waals surface area contributed by atoms with Crippen LogP contribution in [0.3, 0.4) is 0 Å². The number of benzene rings is 1. The molecular formula is C17H22FN3O3. The predicted octanol–water partition coefficient (Wildman–Crippen LogP) is 1.45. The molecule has 2 rings (SSSR count). The van der Waals surface area contributed by atoms with Crippen LogP contribution in [0.4, 0.5) is 9.18 Å². The number of nitrogens with one attached hydrogen (secondary N) is 2. The molecule has 7 heteroatoms. The summed E-state index contributed by atoms with van der Waals surface area (Å²) in [7, 11) is 0. The second-order valence-electron chi connectivity index (χ2n) is 6.40. The van der Waals surface area contributed by atoms with E-state index in [0.717, 1.165) is 10.5 Å². The first kappa shape index (κ1) is 17.9. The number of imide groups is 1. The molecule has 4 amide bonds. The van der Waals surface area contributed by atoms with E-state index in [1.807, 2.05) is 13.8 Å². The lowest BCUT2D eigenvalue weighted by Crippen LogP contribution is -2.49. The monoisotopic (exact) mass is 335 g/mol. The summed E-state index contributed by atoms with van der Waals surface area (Å²) in [5.74, 6) is -1.19. The molecule has 24 heavy (non-hydrogen) atoms. The SMILES string of the molecule is CC(C)C1(C)NC(=O)N(CC(=O)NCCc2ccc(F)cc2)C1=O. The average Bonchev–Trinajstić information content (AvgIpc) is 2.74. The molecule has 0 bridgehead atoms. The van der Waals surface area contributed by atoms with E-state index in [2.05, 4.69) is 10.6 Å². The number of urea groups is 1. The number of halogens is 1. The molecule has 1 aliphatic heterocycles. The van der Waals surface area contributed by atoms with Crippen LogP contribution in [0.25, 0.3) is 0 Å². The molecular weight excluding hydrogens is 313 g/mol. The molecule has 0 aliphatic carbocycles. The molecule has 2 N–H and O–H groups in total. The van der Waals surface area contributed by atoms with Gasteiger partial charge in [-0.2, -0.15) is 0 Å². The number of nitrogens with zero attached hydrogens (tertiary/aromatic N) is 1. The van der Waals surface area contributed by atoms with Crippen LogP contribution in [-0.2, 0) is 16.0 Å². The smallest absolute Gasteiger partial charge is 0.325 e. The molecule has 1 atom stereocenters. The fourth-order valence-corrected chi connectivity index (χ4v) is 2.45. The van der Waals surface area contributed by atoms with Crippen LogP contribution in [-0.4, -0.2) is 41.4 Å². The minimum Gasteiger partial charge on any atom is -0.354 e. The molecule has 0 saturated carbocycles. The topological polar surface area (TPSA) is 78.5 Å². The highest BCUT2D eigenvalue weighted by Crippen LogP contribution is 2.25. The lowest BCUT2D eigenvalue weighted by Gasteiger charge is -2.25. The first-order valence-electron chi connectivity index (χ1n) is 7.89. The number of carbonyl (C=O) groups is 3. The first-order chi connectivity index (χ1) is 11.2. The Morgan fingerprint density at radius 2 is 1.92 bits per heavy atom. The normalized spacial score (nSPS) is 20.5. The molecule has 1 heterocycles. The van der Waals surface area contributed by atoms with Gasteiger partial charge < -0.3 is 10.6 Å². The van der Waals surface area contributed by atoms with Gasteiger partial charge in [-0.25, -0.2) is 9.18 Å². The zero-order valence-corrected chi connectivity index (χ0v) is 14.1. The van der Waals surface area contributed by atoms with Crippen molar-refractivity contribution in [2.24, 2.45) is 5.92 Å². The maximum absolute atomic E-state index is 12.8. The zero-order chi connectivity index (χ0) is 17.9. The summed E-state index contributed by atoms with van der Waals surface area (Å²) in [6, 6.07) is 5.46. The van der Waals surface area contributed by atoms with Gasteiger partial charge in [-0.05, 0) is 37.0 Å². The lowest BCUT2D eigenvalue weighted by atomic mass is 9.88. The van der Waals surface area contributed by atoms with Gasteiger partial charge in [0.15, 0.2) is 0 Å². The molecule has 1 aromatic rings. The highest BCUT2D eigenvalue weighted by Gasteiger charge is 2.50. The summed E-state index contributed by atoms with van der Waals surface area (Å²) in [4.78, 5) is 37.2. The van der Waals surface area contributed by atoms with Crippen LogP contribution >= 0.6 is 0 Å². The van der Waals surface area contributed by atoms with Crippen molar-refractivity contribution < 1.29 is 18.8 Å². The molecule has 130 valence electrons. The van der Waals surface area contributed by atoms with Gasteiger partial charge in [-0.15, -0.1) is 0 Å². The van der Waals surface area contributed by atoms with Gasteiger partial charge in [-0.1, -0.05) is 26.0 Å². The van der Waals surface area contributed by atoms with Gasteiger partial charge in [0.05, 0.1) is 0 Å². The van der Waals surface area contributed by atoms with Gasteiger partial charge in [0.1, 0.15) is 17.9 Å². The molecule has 1 saturated heterocycles. The fraction of sp³-hybridized carbons (Fsp3) is 0.471. The Morgan fingerprint density at radius 1 is 1.29 bits per heavy atom. The lowest BCUT2D eigenvalue weighted by molar-refractivity contribution is -0.135. The van der Waals surface area contributed by atoms with E-state index < -0.39 is 23.4 Å². The summed E-state index contributed by atoms with van der Waals surface area (Å²) in [6.45, 7) is 5.37. The van der Waals surface area contributed by atoms with Gasteiger partial charge >= 0.3 is 6.03 Å². The predicted molar refractivity (Wildman–Crippen MR) is 86.6 cm³/mol. The third-order valence-electron chi connectivity index (χ3n) is 4.41. The number of hydrogen-bond acceptors (Lipinski definition) is 3. The molecule has 1 fully saturated rings. The average molecular weight is 335 g/mol. The van der Waals surface area contributed by atoms with Gasteiger partial charge in [0.2, 0.25) is 5.91 Å². The van der Waals surface area contributed by atoms with Crippen molar-refractivity contribution in [2.45, 2.75) is 32.7 Å². The zero-order valence-electron chi connectivity index (χ0n) is 14.1. The third-order valence-corrected chi connectivity index (χ3v) is 4.41. The molecule has 0 spiro atoms. The molecule has 0 aromatic heterocycles. The van der Waals surface area contributed by atoms with E-state index in [4.69, 9.17) is 0 Å². The molecule has 1 unspecified atom stereocenters. The summed E-state index contributed by atoms with van der Waals surface area (Å²) in [5, 5.41) is 5.31. The Morgan fingerprint density at radius 3 is 2.46 bits per heavy atom. The van der Waals surface area contributed by atoms with Crippen molar-refractivity contribution >= 4 is 17.8 Å². The Balaban J connectivity index is 1.85. The number of amides is 4. The highest BCUT2D eigenvalue weighted by atomic mass is 19.1. The number of carbonyl (C=O) groups excluding carboxylic acids is 3. The van der Waals surface area contributed by atoms with E-state index >= 15 is 0 Å². The van der Waals surface area contributed by atoms with Crippen molar-refractivity contribution in [3.05, 3.63) is 35.6 Å². The van der Waals surface area contributed by atoms with Crippen molar-refractivity contribution in [1.82, 2.24) is 15.5 Å². The van der Waals surface area contributed by atoms with Crippen molar-refractivity contribution in [2.75, 3.05) is 13.1 Å². The van der Waals surface area contributed by atoms with Crippen LogP contribution in [0.1, 0.15) is 26.3 Å². The van der Waals surface area contributed by atoms with Gasteiger partial charge in [0.25, 0.3) is 5.91 Å². The maximum atomic E-state index is 12.8. The van der Waals surface area contributed by atoms with Gasteiger partial charge in [0, 0.05) is 6.54 Å². The van der Waals surface area contributed by atoms with E-state index in [0.29, 0.717) is 13.0 Å². The van der Waals surface area contributed by atoms with Crippen molar-refractivity contribution in [1.29, 1.82) is 0 Å². The van der Waals surface area contributed by atoms with E-state index in [9.17, 15) is 18.8 Å². The van der Waals surface area contributed by atoms with Crippen LogP contribution in [0.15, 0.2) is 24.3 Å². The Hall–Kier alpha value is -2.44. The van der Waals surface area contributed by atoms with Crippen molar-refractivity contribution in [3.8, 4) is 0 Å². The maximum Gasteiger partial charge on any atom is 0.325 e. The Bertz CT molecular complexity index is 645. The summed E-state index contributed by atoms with van der Waals surface area (Å²) < 4.78 is 12.8. The standard InChI is InChI=1S/C17H22FN3O3/c1-11(2)17(3)15(23)21(16(24)20-17)10-14(22)19-9-8-12-4-6-13(18)7-5-12/h4-7,11H,8-10H2,1-3H3,(H,19,22)(H,20,24). The van der Waals surface area contributed by atoms with Crippen LogP contribution in [0.2, 0.25) is 0 Å². The van der Waals surface area contributed by atoms with Crippen LogP contribution in [0.5, 0.6) is 0 Å². The fourth-order valence-electron chi connectivity index (χ4n) is 2.45. The highest BCUT2D eigenvalue weighted by molar-refractivity contribution is 6.08. The number of hydrogen-bond donors (Lipinski definition) is 2. The van der Waals surface area contributed by atoms with E-state index in [1.165, 1.54) is 12.1 Å². The van der Waals surface area contributed by atoms with Gasteiger partial charge in [-0.3, -0.25) is 14.5 Å². The Kier molecular flexibility index (Phi) is 5.21.